The predicted molar refractivity (Wildman–Crippen MR) is 88.3 cm³/mol. The molecule has 0 aromatic heterocycles. The van der Waals surface area contributed by atoms with Gasteiger partial charge in [-0.05, 0) is 31.0 Å². The summed E-state index contributed by atoms with van der Waals surface area (Å²) in [6.45, 7) is 1.61. The van der Waals surface area contributed by atoms with Gasteiger partial charge in [-0.2, -0.15) is 0 Å². The topological polar surface area (TPSA) is 47.6 Å². The van der Waals surface area contributed by atoms with Crippen LogP contribution in [0.1, 0.15) is 18.4 Å². The molecule has 2 aromatic carbocycles. The van der Waals surface area contributed by atoms with Crippen LogP contribution in [-0.2, 0) is 16.1 Å². The number of benzene rings is 2. The van der Waals surface area contributed by atoms with Crippen molar-refractivity contribution in [3.63, 3.8) is 0 Å². The highest BCUT2D eigenvalue weighted by molar-refractivity contribution is 5.78. The zero-order valence-corrected chi connectivity index (χ0v) is 13.3. The zero-order valence-electron chi connectivity index (χ0n) is 13.3. The van der Waals surface area contributed by atoms with Crippen LogP contribution in [0.2, 0.25) is 0 Å². The third kappa shape index (κ3) is 4.11. The van der Waals surface area contributed by atoms with E-state index in [-0.39, 0.29) is 17.6 Å². The van der Waals surface area contributed by atoms with Crippen molar-refractivity contribution in [1.29, 1.82) is 0 Å². The molecule has 0 aliphatic carbocycles. The van der Waals surface area contributed by atoms with Crippen LogP contribution in [0.25, 0.3) is 0 Å². The summed E-state index contributed by atoms with van der Waals surface area (Å²) < 4.78 is 24.7. The summed E-state index contributed by atoms with van der Waals surface area (Å²) in [5.74, 6) is 0.312. The molecule has 0 atom stereocenters. The lowest BCUT2D eigenvalue weighted by molar-refractivity contribution is -0.128. The molecule has 1 heterocycles. The summed E-state index contributed by atoms with van der Waals surface area (Å²) in [6.07, 6.45) is 1.50. The third-order valence-electron chi connectivity index (χ3n) is 4.07. The quantitative estimate of drug-likeness (QED) is 0.911. The number of ether oxygens (including phenoxy) is 2. The molecule has 1 N–H and O–H groups in total. The van der Waals surface area contributed by atoms with E-state index >= 15 is 0 Å². The molecule has 1 aliphatic rings. The van der Waals surface area contributed by atoms with Gasteiger partial charge >= 0.3 is 0 Å². The van der Waals surface area contributed by atoms with E-state index in [0.717, 1.165) is 18.4 Å². The highest BCUT2D eigenvalue weighted by Gasteiger charge is 2.21. The first-order chi connectivity index (χ1) is 11.7. The Bertz CT molecular complexity index is 699. The van der Waals surface area contributed by atoms with Crippen molar-refractivity contribution >= 4 is 5.91 Å². The first kappa shape index (κ1) is 16.5. The van der Waals surface area contributed by atoms with Gasteiger partial charge in [0.15, 0.2) is 11.6 Å². The minimum atomic E-state index is -0.418. The van der Waals surface area contributed by atoms with E-state index in [1.165, 1.54) is 6.07 Å². The fourth-order valence-electron chi connectivity index (χ4n) is 2.68. The fraction of sp³-hybridized carbons (Fsp3) is 0.316. The van der Waals surface area contributed by atoms with Gasteiger partial charge in [-0.3, -0.25) is 4.79 Å². The molecule has 0 unspecified atom stereocenters. The van der Waals surface area contributed by atoms with Gasteiger partial charge in [-0.1, -0.05) is 30.3 Å². The summed E-state index contributed by atoms with van der Waals surface area (Å²) in [5.41, 5.74) is 0.807. The molecular weight excluding hydrogens is 309 g/mol. The number of amides is 1. The van der Waals surface area contributed by atoms with Crippen molar-refractivity contribution in [3.8, 4) is 11.5 Å². The summed E-state index contributed by atoms with van der Waals surface area (Å²) in [5, 5.41) is 2.94. The van der Waals surface area contributed by atoms with Crippen molar-refractivity contribution in [2.75, 3.05) is 13.2 Å². The molecule has 4 nitrogen and oxygen atoms in total. The number of hydrogen-bond donors (Lipinski definition) is 1. The average Bonchev–Trinajstić information content (AvgIpc) is 2.63. The van der Waals surface area contributed by atoms with Crippen LogP contribution >= 0.6 is 0 Å². The number of halogens is 1. The largest absolute Gasteiger partial charge is 0.454 e. The maximum absolute atomic E-state index is 13.8. The maximum Gasteiger partial charge on any atom is 0.223 e. The lowest BCUT2D eigenvalue weighted by atomic mass is 9.99. The highest BCUT2D eigenvalue weighted by Crippen LogP contribution is 2.27. The minimum absolute atomic E-state index is 0.00148. The average molecular weight is 329 g/mol. The zero-order chi connectivity index (χ0) is 16.8. The molecule has 0 radical (unpaired) electrons. The van der Waals surface area contributed by atoms with Crippen LogP contribution in [0, 0.1) is 11.7 Å². The van der Waals surface area contributed by atoms with E-state index in [0.29, 0.717) is 25.5 Å². The predicted octanol–water partition coefficient (Wildman–Crippen LogP) is 3.66. The van der Waals surface area contributed by atoms with Crippen LogP contribution in [0.4, 0.5) is 4.39 Å². The Morgan fingerprint density at radius 3 is 2.50 bits per heavy atom. The minimum Gasteiger partial charge on any atom is -0.454 e. The molecule has 1 amide bonds. The molecule has 24 heavy (non-hydrogen) atoms. The summed E-state index contributed by atoms with van der Waals surface area (Å²) in [7, 11) is 0. The van der Waals surface area contributed by atoms with Crippen LogP contribution in [0.5, 0.6) is 11.5 Å². The number of carbonyl (C=O) groups is 1. The third-order valence-corrected chi connectivity index (χ3v) is 4.07. The molecule has 0 saturated carbocycles. The van der Waals surface area contributed by atoms with E-state index in [1.807, 2.05) is 18.2 Å². The molecule has 126 valence electrons. The fourth-order valence-corrected chi connectivity index (χ4v) is 2.68. The lowest BCUT2D eigenvalue weighted by Gasteiger charge is -2.21. The smallest absolute Gasteiger partial charge is 0.223 e. The van der Waals surface area contributed by atoms with Gasteiger partial charge in [-0.15, -0.1) is 0 Å². The normalized spacial score (nSPS) is 15.0. The lowest BCUT2D eigenvalue weighted by Crippen LogP contribution is -2.33. The Balaban J connectivity index is 1.66. The number of para-hydroxylation sites is 2. The first-order valence-electron chi connectivity index (χ1n) is 8.10. The van der Waals surface area contributed by atoms with Gasteiger partial charge in [0.25, 0.3) is 0 Å². The summed E-state index contributed by atoms with van der Waals surface area (Å²) >= 11 is 0. The van der Waals surface area contributed by atoms with Gasteiger partial charge in [0.2, 0.25) is 5.91 Å². The second kappa shape index (κ2) is 7.93. The van der Waals surface area contributed by atoms with Crippen molar-refractivity contribution in [3.05, 3.63) is 59.9 Å². The van der Waals surface area contributed by atoms with Crippen LogP contribution in [0.15, 0.2) is 48.5 Å². The standard InChI is InChI=1S/C19H20FNO3/c20-16-6-2-4-8-18(16)24-17-7-3-1-5-15(17)13-21-19(22)14-9-11-23-12-10-14/h1-8,14H,9-13H2,(H,21,22). The molecule has 2 aromatic rings. The number of nitrogens with one attached hydrogen (secondary N) is 1. The van der Waals surface area contributed by atoms with Crippen LogP contribution in [-0.4, -0.2) is 19.1 Å². The van der Waals surface area contributed by atoms with E-state index < -0.39 is 5.82 Å². The second-order valence-corrected chi connectivity index (χ2v) is 5.74. The SMILES string of the molecule is O=C(NCc1ccccc1Oc1ccccc1F)C1CCOCC1. The first-order valence-corrected chi connectivity index (χ1v) is 8.10. The number of hydrogen-bond acceptors (Lipinski definition) is 3. The Kier molecular flexibility index (Phi) is 5.43. The molecule has 1 saturated heterocycles. The monoisotopic (exact) mass is 329 g/mol. The molecule has 5 heteroatoms. The van der Waals surface area contributed by atoms with Gasteiger partial charge in [0.05, 0.1) is 0 Å². The summed E-state index contributed by atoms with van der Waals surface area (Å²) in [6, 6.07) is 13.6. The Morgan fingerprint density at radius 1 is 1.08 bits per heavy atom. The van der Waals surface area contributed by atoms with Crippen molar-refractivity contribution in [1.82, 2.24) is 5.32 Å². The van der Waals surface area contributed by atoms with Gasteiger partial charge in [0, 0.05) is 31.2 Å². The van der Waals surface area contributed by atoms with Gasteiger partial charge in [0.1, 0.15) is 5.75 Å². The van der Waals surface area contributed by atoms with Gasteiger partial charge in [-0.25, -0.2) is 4.39 Å². The van der Waals surface area contributed by atoms with Crippen molar-refractivity contribution in [2.45, 2.75) is 19.4 Å². The molecule has 1 fully saturated rings. The summed E-state index contributed by atoms with van der Waals surface area (Å²) in [4.78, 5) is 12.2. The highest BCUT2D eigenvalue weighted by atomic mass is 19.1. The van der Waals surface area contributed by atoms with Crippen molar-refractivity contribution in [2.24, 2.45) is 5.92 Å². The Hall–Kier alpha value is -2.40. The van der Waals surface area contributed by atoms with Crippen LogP contribution < -0.4 is 10.1 Å². The Labute approximate surface area is 140 Å². The molecule has 0 spiro atoms. The number of rotatable bonds is 5. The number of carbonyl (C=O) groups excluding carboxylic acids is 1. The van der Waals surface area contributed by atoms with E-state index in [9.17, 15) is 9.18 Å². The van der Waals surface area contributed by atoms with Crippen molar-refractivity contribution < 1.29 is 18.7 Å². The molecule has 1 aliphatic heterocycles. The Morgan fingerprint density at radius 2 is 1.75 bits per heavy atom. The van der Waals surface area contributed by atoms with E-state index in [1.54, 1.807) is 24.3 Å². The second-order valence-electron chi connectivity index (χ2n) is 5.74. The van der Waals surface area contributed by atoms with Gasteiger partial charge < -0.3 is 14.8 Å². The molecule has 0 bridgehead atoms. The van der Waals surface area contributed by atoms with E-state index in [2.05, 4.69) is 5.32 Å². The maximum atomic E-state index is 13.8. The molecule has 3 rings (SSSR count). The van der Waals surface area contributed by atoms with Crippen LogP contribution in [0.3, 0.4) is 0 Å². The van der Waals surface area contributed by atoms with E-state index in [4.69, 9.17) is 9.47 Å². The molecular formula is C19H20FNO3.